The van der Waals surface area contributed by atoms with Crippen LogP contribution in [0.4, 0.5) is 35.9 Å². The van der Waals surface area contributed by atoms with Gasteiger partial charge >= 0.3 is 11.5 Å². The molecule has 0 radical (unpaired) electrons. The van der Waals surface area contributed by atoms with Crippen molar-refractivity contribution in [2.75, 3.05) is 85.5 Å². The van der Waals surface area contributed by atoms with Crippen LogP contribution in [0.2, 0.25) is 5.02 Å². The second kappa shape index (κ2) is 23.5. The largest absolute Gasteiger partial charge is 0.501 e. The van der Waals surface area contributed by atoms with Gasteiger partial charge in [0.25, 0.3) is 9.84 Å². The number of rotatable bonds is 21. The fraction of sp³-hybridized carbons (Fsp3) is 0.327. The molecule has 3 N–H and O–H groups in total. The minimum atomic E-state index is -5.76. The van der Waals surface area contributed by atoms with Crippen LogP contribution < -0.4 is 25.1 Å². The highest BCUT2D eigenvalue weighted by atomic mass is 35.5. The number of aromatic carboxylic acids is 1. The molecular formula is C52H59ClF3N6O6PS2. The van der Waals surface area contributed by atoms with E-state index in [0.29, 0.717) is 72.2 Å². The van der Waals surface area contributed by atoms with E-state index in [1.807, 2.05) is 141 Å². The average Bonchev–Trinajstić information content (AvgIpc) is 3.67. The lowest BCUT2D eigenvalue weighted by atomic mass is 9.96. The molecule has 71 heavy (non-hydrogen) atoms. The van der Waals surface area contributed by atoms with Gasteiger partial charge < -0.3 is 34.4 Å². The van der Waals surface area contributed by atoms with Crippen molar-refractivity contribution in [2.24, 2.45) is 0 Å². The Balaban J connectivity index is 1.08. The zero-order chi connectivity index (χ0) is 51.0. The van der Waals surface area contributed by atoms with Crippen molar-refractivity contribution < 1.29 is 41.6 Å². The molecule has 0 aliphatic carbocycles. The molecule has 2 heterocycles. The summed E-state index contributed by atoms with van der Waals surface area (Å²) in [4.78, 5) is 24.0. The van der Waals surface area contributed by atoms with Crippen LogP contribution in [0.3, 0.4) is 0 Å². The van der Waals surface area contributed by atoms with Gasteiger partial charge in [-0.1, -0.05) is 60.1 Å². The number of carbonyl (C=O) groups is 1. The molecular weight excluding hydrogens is 992 g/mol. The number of piperazine rings is 1. The number of sulfone groups is 1. The van der Waals surface area contributed by atoms with Crippen molar-refractivity contribution in [3.8, 4) is 22.4 Å². The third-order valence-electron chi connectivity index (χ3n) is 12.3. The summed E-state index contributed by atoms with van der Waals surface area (Å²) >= 11 is 7.80. The molecule has 6 aromatic rings. The Bertz CT molecular complexity index is 2870. The van der Waals surface area contributed by atoms with Crippen molar-refractivity contribution in [1.82, 2.24) is 9.47 Å². The Morgan fingerprint density at radius 2 is 1.52 bits per heavy atom. The van der Waals surface area contributed by atoms with Gasteiger partial charge in [0.2, 0.25) is 0 Å². The number of thioether (sulfide) groups is 1. The highest BCUT2D eigenvalue weighted by Crippen LogP contribution is 2.43. The molecule has 1 aliphatic rings. The first kappa shape index (κ1) is 53.5. The number of alkyl halides is 3. The van der Waals surface area contributed by atoms with E-state index >= 15 is 0 Å². The van der Waals surface area contributed by atoms with Crippen LogP contribution in [0.5, 0.6) is 0 Å². The van der Waals surface area contributed by atoms with E-state index in [0.717, 1.165) is 39.2 Å². The fourth-order valence-corrected chi connectivity index (χ4v) is 12.2. The van der Waals surface area contributed by atoms with Gasteiger partial charge in [0.15, 0.2) is 0 Å². The van der Waals surface area contributed by atoms with Crippen molar-refractivity contribution >= 4 is 76.0 Å². The van der Waals surface area contributed by atoms with Gasteiger partial charge in [-0.05, 0) is 137 Å². The van der Waals surface area contributed by atoms with Gasteiger partial charge in [-0.3, -0.25) is 5.26 Å². The first-order valence-corrected chi connectivity index (χ1v) is 26.9. The van der Waals surface area contributed by atoms with Crippen LogP contribution in [-0.2, 0) is 14.7 Å². The molecule has 7 rings (SSSR count). The molecule has 2 atom stereocenters. The maximum atomic E-state index is 14.3. The normalized spacial score (nSPS) is 14.0. The second-order valence-corrected chi connectivity index (χ2v) is 22.6. The number of nitrogens with zero attached hydrogens (tertiary/aromatic N) is 5. The first-order valence-electron chi connectivity index (χ1n) is 23.2. The van der Waals surface area contributed by atoms with E-state index in [-0.39, 0.29) is 45.2 Å². The highest BCUT2D eigenvalue weighted by molar-refractivity contribution is 7.99. The Kier molecular flexibility index (Phi) is 17.7. The van der Waals surface area contributed by atoms with E-state index < -0.39 is 26.2 Å². The lowest BCUT2D eigenvalue weighted by Gasteiger charge is -2.37. The van der Waals surface area contributed by atoms with Crippen molar-refractivity contribution in [3.63, 3.8) is 0 Å². The lowest BCUT2D eigenvalue weighted by molar-refractivity contribution is -0.239. The number of nitrogens with one attached hydrogen (secondary N) is 1. The van der Waals surface area contributed by atoms with Gasteiger partial charge in [0, 0.05) is 97.5 Å². The highest BCUT2D eigenvalue weighted by Gasteiger charge is 2.48. The van der Waals surface area contributed by atoms with E-state index in [9.17, 15) is 36.7 Å². The minimum absolute atomic E-state index is 0.0102. The zero-order valence-corrected chi connectivity index (χ0v) is 43.5. The Morgan fingerprint density at radius 3 is 2.13 bits per heavy atom. The number of benzene rings is 5. The summed E-state index contributed by atoms with van der Waals surface area (Å²) < 4.78 is 73.2. The van der Waals surface area contributed by atoms with Gasteiger partial charge in [0.1, 0.15) is 0 Å². The van der Waals surface area contributed by atoms with Crippen LogP contribution >= 0.6 is 32.1 Å². The molecule has 5 aromatic carbocycles. The quantitative estimate of drug-likeness (QED) is 0.0275. The molecule has 0 amide bonds. The molecule has 0 bridgehead atoms. The van der Waals surface area contributed by atoms with Gasteiger partial charge in [-0.2, -0.15) is 13.2 Å². The minimum Gasteiger partial charge on any atom is -0.478 e. The van der Waals surface area contributed by atoms with Gasteiger partial charge in [-0.25, -0.2) is 18.1 Å². The summed E-state index contributed by atoms with van der Waals surface area (Å²) in [5.41, 5.74) is 1.03. The molecule has 12 nitrogen and oxygen atoms in total. The summed E-state index contributed by atoms with van der Waals surface area (Å²) in [6.45, 7) is 9.35. The summed E-state index contributed by atoms with van der Waals surface area (Å²) in [5.74, 6) is -0.511. The van der Waals surface area contributed by atoms with E-state index in [2.05, 4.69) is 30.6 Å². The number of aromatic nitrogens is 1. The molecule has 1 aliphatic heterocycles. The number of carboxylic acids is 1. The molecule has 19 heteroatoms. The van der Waals surface area contributed by atoms with Crippen molar-refractivity contribution in [2.45, 2.75) is 54.6 Å². The predicted molar refractivity (Wildman–Crippen MR) is 285 cm³/mol. The average molecular weight is 1050 g/mol. The number of anilines is 4. The molecule has 1 aromatic heterocycles. The molecule has 1 unspecified atom stereocenters. The van der Waals surface area contributed by atoms with Crippen LogP contribution in [0.1, 0.15) is 42.4 Å². The summed E-state index contributed by atoms with van der Waals surface area (Å²) in [6, 6.07) is 36.5. The number of hydrogen-bond donors (Lipinski definition) is 3. The third-order valence-corrected chi connectivity index (χ3v) is 16.6. The Hall–Kier alpha value is -5.26. The third kappa shape index (κ3) is 12.9. The van der Waals surface area contributed by atoms with Crippen molar-refractivity contribution in [1.29, 1.82) is 0 Å². The first-order chi connectivity index (χ1) is 33.9. The Labute approximate surface area is 425 Å². The van der Waals surface area contributed by atoms with Crippen molar-refractivity contribution in [3.05, 3.63) is 138 Å². The van der Waals surface area contributed by atoms with Gasteiger partial charge in [-0.15, -0.1) is 11.8 Å². The maximum Gasteiger partial charge on any atom is 0.501 e. The summed E-state index contributed by atoms with van der Waals surface area (Å²) in [5, 5.41) is 24.0. The van der Waals surface area contributed by atoms with E-state index in [4.69, 9.17) is 11.6 Å². The summed E-state index contributed by atoms with van der Waals surface area (Å²) in [6.07, 6.45) is 0.550. The Morgan fingerprint density at radius 1 is 0.859 bits per heavy atom. The predicted octanol–water partition coefficient (Wildman–Crippen LogP) is 11.4. The molecule has 0 spiro atoms. The number of halogens is 4. The summed E-state index contributed by atoms with van der Waals surface area (Å²) in [7, 11) is -2.28. The maximum absolute atomic E-state index is 14.3. The van der Waals surface area contributed by atoms with Crippen LogP contribution in [0, 0.1) is 6.92 Å². The van der Waals surface area contributed by atoms with Crippen LogP contribution in [0.25, 0.3) is 22.4 Å². The zero-order valence-electron chi connectivity index (χ0n) is 40.2. The van der Waals surface area contributed by atoms with E-state index in [1.165, 1.54) is 17.8 Å². The fourth-order valence-electron chi connectivity index (χ4n) is 8.85. The van der Waals surface area contributed by atoms with E-state index in [1.54, 1.807) is 6.07 Å². The smallest absolute Gasteiger partial charge is 0.478 e. The molecule has 0 saturated carbocycles. The van der Waals surface area contributed by atoms with Crippen LogP contribution in [-0.4, -0.2) is 111 Å². The second-order valence-electron chi connectivity index (χ2n) is 17.8. The van der Waals surface area contributed by atoms with Gasteiger partial charge in [0.05, 0.1) is 28.4 Å². The molecule has 1 saturated heterocycles. The molecule has 378 valence electrons. The van der Waals surface area contributed by atoms with Crippen LogP contribution in [0.15, 0.2) is 131 Å². The number of hydrogen-bond acceptors (Lipinski definition) is 11. The standard InChI is InChI=1S/C52H59ClF3N6O6PS2/c1-35(2)62-36(3)48(51(63)64)49(50(62)37-14-16-39(53)17-15-37)38-10-9-11-43(32-38)60-28-26-59(27-29-60)41-18-20-42(21-19-41)61(30-31-68-65)69-44-22-23-46(47(33-44)71(66,67)52(54,55)56)57-40(24-25-58(4)5)34-70-45-12-7-6-8-13-45/h6-23,32-33,35,40,57,65,69H,24-31,34H2,1-5H3,(H,63,64)/t40-/m1/s1. The molecule has 1 fully saturated rings. The topological polar surface area (TPSA) is 131 Å². The monoisotopic (exact) mass is 1050 g/mol. The number of carboxylic acid groups (broad SMARTS) is 1. The SMILES string of the molecule is Cc1c(C(=O)O)c(-c2cccc(N3CCN(c4ccc(N(CCOO)Pc5ccc(N[C@H](CCN(C)C)CSc6ccccc6)c(S(=O)(=O)C(F)(F)F)c5)cc4)CC3)c2)c(-c2ccc(Cl)cc2)n1C(C)C. The lowest BCUT2D eigenvalue weighted by Crippen LogP contribution is -2.46.